The highest BCUT2D eigenvalue weighted by molar-refractivity contribution is 5.98. The number of H-pyrrole nitrogens is 1. The Bertz CT molecular complexity index is 1300. The molecule has 1 amide bonds. The number of fused-ring (bicyclic) bond motifs is 1. The molecule has 0 aliphatic carbocycles. The second kappa shape index (κ2) is 10.4. The molecule has 0 bridgehead atoms. The molecule has 2 heterocycles. The summed E-state index contributed by atoms with van der Waals surface area (Å²) in [6.45, 7) is 1.97. The number of carbonyl (C=O) groups is 1. The number of methoxy groups -OCH3 is 1. The SMILES string of the molecule is CCCCC(CO)NC(=O)c1ccc2[nH]c(-c3cc(-c4cccnc4OC)ccc3O)nc2c1. The van der Waals surface area contributed by atoms with Crippen LogP contribution < -0.4 is 10.1 Å². The predicted molar refractivity (Wildman–Crippen MR) is 131 cm³/mol. The third kappa shape index (κ3) is 4.87. The van der Waals surface area contributed by atoms with Gasteiger partial charge in [-0.25, -0.2) is 9.97 Å². The summed E-state index contributed by atoms with van der Waals surface area (Å²) >= 11 is 0. The molecule has 4 N–H and O–H groups in total. The van der Waals surface area contributed by atoms with Crippen LogP contribution in [-0.4, -0.2) is 50.8 Å². The van der Waals surface area contributed by atoms with Gasteiger partial charge in [-0.2, -0.15) is 0 Å². The molecule has 176 valence electrons. The number of pyridine rings is 1. The van der Waals surface area contributed by atoms with Crippen LogP contribution in [0.1, 0.15) is 36.5 Å². The maximum absolute atomic E-state index is 12.7. The van der Waals surface area contributed by atoms with Crippen LogP contribution in [-0.2, 0) is 0 Å². The van der Waals surface area contributed by atoms with Crippen molar-refractivity contribution in [3.05, 3.63) is 60.3 Å². The van der Waals surface area contributed by atoms with Crippen LogP contribution in [0.4, 0.5) is 0 Å². The number of unbranched alkanes of at least 4 members (excludes halogenated alkanes) is 1. The zero-order valence-corrected chi connectivity index (χ0v) is 19.2. The lowest BCUT2D eigenvalue weighted by Crippen LogP contribution is -2.37. The van der Waals surface area contributed by atoms with Crippen molar-refractivity contribution < 1.29 is 19.7 Å². The second-order valence-corrected chi connectivity index (χ2v) is 8.10. The third-order valence-corrected chi connectivity index (χ3v) is 5.73. The van der Waals surface area contributed by atoms with Gasteiger partial charge in [-0.05, 0) is 54.4 Å². The smallest absolute Gasteiger partial charge is 0.251 e. The number of aromatic amines is 1. The molecule has 0 saturated heterocycles. The minimum Gasteiger partial charge on any atom is -0.507 e. The first-order valence-electron chi connectivity index (χ1n) is 11.3. The number of hydrogen-bond donors (Lipinski definition) is 4. The van der Waals surface area contributed by atoms with Gasteiger partial charge in [0.2, 0.25) is 5.88 Å². The van der Waals surface area contributed by atoms with E-state index in [2.05, 4.69) is 27.2 Å². The van der Waals surface area contributed by atoms with E-state index in [0.29, 0.717) is 28.3 Å². The average molecular weight is 461 g/mol. The first-order valence-corrected chi connectivity index (χ1v) is 11.3. The van der Waals surface area contributed by atoms with Crippen molar-refractivity contribution >= 4 is 16.9 Å². The van der Waals surface area contributed by atoms with E-state index in [1.807, 2.05) is 18.2 Å². The molecule has 0 radical (unpaired) electrons. The van der Waals surface area contributed by atoms with Gasteiger partial charge in [-0.15, -0.1) is 0 Å². The van der Waals surface area contributed by atoms with Gasteiger partial charge in [0.1, 0.15) is 11.6 Å². The van der Waals surface area contributed by atoms with Crippen LogP contribution in [0, 0.1) is 0 Å². The Morgan fingerprint density at radius 3 is 2.79 bits per heavy atom. The number of rotatable bonds is 9. The summed E-state index contributed by atoms with van der Waals surface area (Å²) < 4.78 is 5.37. The summed E-state index contributed by atoms with van der Waals surface area (Å²) in [5.74, 6) is 0.783. The number of amides is 1. The quantitative estimate of drug-likeness (QED) is 0.296. The number of ether oxygens (including phenoxy) is 1. The Morgan fingerprint density at radius 2 is 2.03 bits per heavy atom. The van der Waals surface area contributed by atoms with Gasteiger partial charge in [0.15, 0.2) is 0 Å². The molecule has 2 aromatic carbocycles. The van der Waals surface area contributed by atoms with E-state index >= 15 is 0 Å². The molecule has 8 heteroatoms. The third-order valence-electron chi connectivity index (χ3n) is 5.73. The number of phenols is 1. The molecule has 0 fully saturated rings. The molecule has 2 aromatic heterocycles. The van der Waals surface area contributed by atoms with Crippen molar-refractivity contribution in [3.63, 3.8) is 0 Å². The number of carbonyl (C=O) groups excluding carboxylic acids is 1. The van der Waals surface area contributed by atoms with Gasteiger partial charge in [0.05, 0.1) is 36.4 Å². The average Bonchev–Trinajstić information content (AvgIpc) is 3.30. The molecule has 0 saturated carbocycles. The van der Waals surface area contributed by atoms with Crippen LogP contribution in [0.5, 0.6) is 11.6 Å². The summed E-state index contributed by atoms with van der Waals surface area (Å²) in [6.07, 6.45) is 4.31. The molecule has 4 rings (SSSR count). The molecular formula is C26H28N4O4. The number of aromatic hydroxyl groups is 1. The Hall–Kier alpha value is -3.91. The number of aromatic nitrogens is 3. The Labute approximate surface area is 197 Å². The van der Waals surface area contributed by atoms with Gasteiger partial charge < -0.3 is 25.3 Å². The summed E-state index contributed by atoms with van der Waals surface area (Å²) in [7, 11) is 1.56. The fourth-order valence-corrected chi connectivity index (χ4v) is 3.87. The summed E-state index contributed by atoms with van der Waals surface area (Å²) in [5, 5.41) is 23.0. The van der Waals surface area contributed by atoms with E-state index in [4.69, 9.17) is 4.74 Å². The first-order chi connectivity index (χ1) is 16.5. The number of phenolic OH excluding ortho intramolecular Hbond substituents is 1. The van der Waals surface area contributed by atoms with Crippen LogP contribution in [0.15, 0.2) is 54.7 Å². The summed E-state index contributed by atoms with van der Waals surface area (Å²) in [4.78, 5) is 24.8. The minimum atomic E-state index is -0.276. The van der Waals surface area contributed by atoms with Crippen molar-refractivity contribution in [2.45, 2.75) is 32.2 Å². The zero-order valence-electron chi connectivity index (χ0n) is 19.2. The lowest BCUT2D eigenvalue weighted by Gasteiger charge is -2.15. The lowest BCUT2D eigenvalue weighted by atomic mass is 10.0. The highest BCUT2D eigenvalue weighted by atomic mass is 16.5. The number of aliphatic hydroxyl groups is 1. The topological polar surface area (TPSA) is 120 Å². The van der Waals surface area contributed by atoms with E-state index < -0.39 is 0 Å². The van der Waals surface area contributed by atoms with Gasteiger partial charge in [0, 0.05) is 17.3 Å². The van der Waals surface area contributed by atoms with Crippen LogP contribution in [0.2, 0.25) is 0 Å². The number of hydrogen-bond acceptors (Lipinski definition) is 6. The molecule has 0 aliphatic heterocycles. The van der Waals surface area contributed by atoms with E-state index in [-0.39, 0.29) is 24.3 Å². The van der Waals surface area contributed by atoms with Crippen molar-refractivity contribution in [2.24, 2.45) is 0 Å². The summed E-state index contributed by atoms with van der Waals surface area (Å²) in [5.41, 5.74) is 3.92. The van der Waals surface area contributed by atoms with Gasteiger partial charge in [-0.3, -0.25) is 4.79 Å². The van der Waals surface area contributed by atoms with Crippen LogP contribution >= 0.6 is 0 Å². The molecular weight excluding hydrogens is 432 g/mol. The molecule has 4 aromatic rings. The fourth-order valence-electron chi connectivity index (χ4n) is 3.87. The summed E-state index contributed by atoms with van der Waals surface area (Å²) in [6, 6.07) is 13.9. The standard InChI is InChI=1S/C26H28N4O4/c1-3-4-6-18(15-31)28-25(33)17-8-10-21-22(14-17)30-24(29-21)20-13-16(9-11-23(20)32)19-7-5-12-27-26(19)34-2/h5,7-14,18,31-32H,3-4,6,15H2,1-2H3,(H,28,33)(H,29,30). The molecule has 34 heavy (non-hydrogen) atoms. The van der Waals surface area contributed by atoms with E-state index in [1.54, 1.807) is 43.6 Å². The Balaban J connectivity index is 1.64. The monoisotopic (exact) mass is 460 g/mol. The maximum atomic E-state index is 12.7. The highest BCUT2D eigenvalue weighted by Crippen LogP contribution is 2.35. The van der Waals surface area contributed by atoms with Gasteiger partial charge in [0.25, 0.3) is 5.91 Å². The maximum Gasteiger partial charge on any atom is 0.251 e. The number of nitrogens with one attached hydrogen (secondary N) is 2. The second-order valence-electron chi connectivity index (χ2n) is 8.10. The highest BCUT2D eigenvalue weighted by Gasteiger charge is 2.16. The largest absolute Gasteiger partial charge is 0.507 e. The molecule has 0 spiro atoms. The Morgan fingerprint density at radius 1 is 1.18 bits per heavy atom. The van der Waals surface area contributed by atoms with E-state index in [1.165, 1.54) is 0 Å². The minimum absolute atomic E-state index is 0.0744. The number of aliphatic hydroxyl groups excluding tert-OH is 1. The van der Waals surface area contributed by atoms with Crippen molar-refractivity contribution in [1.29, 1.82) is 0 Å². The molecule has 1 unspecified atom stereocenters. The van der Waals surface area contributed by atoms with E-state index in [9.17, 15) is 15.0 Å². The first kappa shape index (κ1) is 23.3. The number of imidazole rings is 1. The van der Waals surface area contributed by atoms with Crippen molar-refractivity contribution in [1.82, 2.24) is 20.3 Å². The molecule has 0 aliphatic rings. The Kier molecular flexibility index (Phi) is 7.08. The lowest BCUT2D eigenvalue weighted by molar-refractivity contribution is 0.0912. The van der Waals surface area contributed by atoms with Crippen LogP contribution in [0.3, 0.4) is 0 Å². The number of benzene rings is 2. The molecule has 1 atom stereocenters. The van der Waals surface area contributed by atoms with Gasteiger partial charge >= 0.3 is 0 Å². The van der Waals surface area contributed by atoms with Crippen molar-refractivity contribution in [3.8, 4) is 34.1 Å². The molecule has 8 nitrogen and oxygen atoms in total. The zero-order chi connectivity index (χ0) is 24.1. The van der Waals surface area contributed by atoms with Crippen LogP contribution in [0.25, 0.3) is 33.5 Å². The normalized spacial score (nSPS) is 12.0. The fraction of sp³-hybridized carbons (Fsp3) is 0.269. The number of nitrogens with zero attached hydrogens (tertiary/aromatic N) is 2. The van der Waals surface area contributed by atoms with Crippen molar-refractivity contribution in [2.75, 3.05) is 13.7 Å². The van der Waals surface area contributed by atoms with E-state index in [0.717, 1.165) is 35.9 Å². The predicted octanol–water partition coefficient (Wildman–Crippen LogP) is 4.29. The van der Waals surface area contributed by atoms with Gasteiger partial charge in [-0.1, -0.05) is 25.8 Å².